The van der Waals surface area contributed by atoms with Crippen LogP contribution in [0.15, 0.2) is 66.7 Å². The third kappa shape index (κ3) is 6.43. The molecule has 182 valence electrons. The molecule has 0 spiro atoms. The van der Waals surface area contributed by atoms with E-state index in [1.807, 2.05) is 30.3 Å². The van der Waals surface area contributed by atoms with Gasteiger partial charge < -0.3 is 14.6 Å². The number of hydrogen-bond acceptors (Lipinski definition) is 3. The summed E-state index contributed by atoms with van der Waals surface area (Å²) in [6.07, 6.45) is 0.971. The Morgan fingerprint density at radius 1 is 1.09 bits per heavy atom. The second-order valence-corrected chi connectivity index (χ2v) is 9.55. The predicted octanol–water partition coefficient (Wildman–Crippen LogP) is 6.10. The number of nitrogens with zero attached hydrogens (tertiary/aromatic N) is 2. The molecule has 1 amide bonds. The smallest absolute Gasteiger partial charge is 0.224 e. The minimum atomic E-state index is -0.0148. The minimum absolute atomic E-state index is 0.0148. The molecule has 35 heavy (non-hydrogen) atoms. The number of benzene rings is 3. The highest BCUT2D eigenvalue weighted by molar-refractivity contribution is 6.30. The molecule has 0 saturated heterocycles. The average molecular weight is 490 g/mol. The first-order valence-corrected chi connectivity index (χ1v) is 12.5. The van der Waals surface area contributed by atoms with Crippen LogP contribution >= 0.6 is 11.6 Å². The molecule has 5 nitrogen and oxygen atoms in total. The van der Waals surface area contributed by atoms with Crippen LogP contribution in [0.1, 0.15) is 42.3 Å². The number of rotatable bonds is 10. The molecule has 1 N–H and O–H groups in total. The van der Waals surface area contributed by atoms with Crippen molar-refractivity contribution in [3.8, 4) is 5.75 Å². The van der Waals surface area contributed by atoms with Crippen LogP contribution in [0.25, 0.3) is 11.0 Å². The lowest BCUT2D eigenvalue weighted by molar-refractivity contribution is -0.120. The fraction of sp³-hybridized carbons (Fsp3) is 0.310. The summed E-state index contributed by atoms with van der Waals surface area (Å²) in [5.41, 5.74) is 5.37. The van der Waals surface area contributed by atoms with E-state index >= 15 is 0 Å². The summed E-state index contributed by atoms with van der Waals surface area (Å²) in [5.74, 6) is 2.26. The van der Waals surface area contributed by atoms with E-state index in [2.05, 4.69) is 54.9 Å². The topological polar surface area (TPSA) is 56.1 Å². The van der Waals surface area contributed by atoms with E-state index in [4.69, 9.17) is 21.3 Å². The largest absolute Gasteiger partial charge is 0.491 e. The Balaban J connectivity index is 1.40. The highest BCUT2D eigenvalue weighted by atomic mass is 35.5. The Kier molecular flexibility index (Phi) is 8.09. The van der Waals surface area contributed by atoms with E-state index in [0.717, 1.165) is 28.2 Å². The number of para-hydroxylation sites is 2. The Morgan fingerprint density at radius 2 is 1.86 bits per heavy atom. The van der Waals surface area contributed by atoms with Gasteiger partial charge in [-0.2, -0.15) is 0 Å². The van der Waals surface area contributed by atoms with Crippen molar-refractivity contribution >= 4 is 28.5 Å². The number of carbonyl (C=O) groups is 1. The first kappa shape index (κ1) is 24.8. The Morgan fingerprint density at radius 3 is 2.63 bits per heavy atom. The highest BCUT2D eigenvalue weighted by Crippen LogP contribution is 2.27. The van der Waals surface area contributed by atoms with E-state index < -0.39 is 0 Å². The Labute approximate surface area is 212 Å². The summed E-state index contributed by atoms with van der Waals surface area (Å²) in [7, 11) is 0. The highest BCUT2D eigenvalue weighted by Gasteiger charge is 2.13. The van der Waals surface area contributed by atoms with Gasteiger partial charge in [-0.1, -0.05) is 61.8 Å². The molecule has 1 heterocycles. The van der Waals surface area contributed by atoms with Crippen LogP contribution in [-0.2, 0) is 24.2 Å². The second-order valence-electron chi connectivity index (χ2n) is 9.12. The Hall–Kier alpha value is -3.31. The van der Waals surface area contributed by atoms with Crippen molar-refractivity contribution in [3.05, 3.63) is 94.3 Å². The molecule has 0 fully saturated rings. The number of hydrogen-bond donors (Lipinski definition) is 1. The van der Waals surface area contributed by atoms with Gasteiger partial charge in [-0.05, 0) is 59.9 Å². The summed E-state index contributed by atoms with van der Waals surface area (Å²) in [6, 6.07) is 21.9. The van der Waals surface area contributed by atoms with Crippen molar-refractivity contribution in [2.24, 2.45) is 0 Å². The van der Waals surface area contributed by atoms with Crippen LogP contribution < -0.4 is 10.1 Å². The van der Waals surface area contributed by atoms with E-state index in [0.29, 0.717) is 43.5 Å². The lowest BCUT2D eigenvalue weighted by atomic mass is 10.0. The molecule has 0 aliphatic rings. The van der Waals surface area contributed by atoms with Gasteiger partial charge in [-0.25, -0.2) is 4.98 Å². The van der Waals surface area contributed by atoms with Gasteiger partial charge >= 0.3 is 0 Å². The van der Waals surface area contributed by atoms with Crippen LogP contribution in [0, 0.1) is 6.92 Å². The number of imidazole rings is 1. The third-order valence-electron chi connectivity index (χ3n) is 6.05. The van der Waals surface area contributed by atoms with Gasteiger partial charge in [0.05, 0.1) is 24.0 Å². The number of fused-ring (bicyclic) bond motifs is 1. The molecule has 0 atom stereocenters. The fourth-order valence-corrected chi connectivity index (χ4v) is 4.35. The van der Waals surface area contributed by atoms with Gasteiger partial charge in [0, 0.05) is 18.0 Å². The molecule has 0 bridgehead atoms. The first-order chi connectivity index (χ1) is 16.9. The minimum Gasteiger partial charge on any atom is -0.491 e. The number of ether oxygens (including phenoxy) is 1. The molecule has 0 unspecified atom stereocenters. The third-order valence-corrected chi connectivity index (χ3v) is 6.30. The number of halogens is 1. The van der Waals surface area contributed by atoms with Crippen molar-refractivity contribution in [2.45, 2.75) is 46.1 Å². The molecule has 0 saturated carbocycles. The zero-order chi connectivity index (χ0) is 24.8. The van der Waals surface area contributed by atoms with Crippen LogP contribution in [-0.4, -0.2) is 28.6 Å². The monoisotopic (exact) mass is 489 g/mol. The summed E-state index contributed by atoms with van der Waals surface area (Å²) in [5, 5.41) is 3.68. The van der Waals surface area contributed by atoms with Crippen molar-refractivity contribution < 1.29 is 9.53 Å². The van der Waals surface area contributed by atoms with E-state index in [-0.39, 0.29) is 5.91 Å². The number of aryl methyl sites for hydroxylation is 1. The Bertz CT molecular complexity index is 1300. The molecule has 6 heteroatoms. The lowest BCUT2D eigenvalue weighted by Crippen LogP contribution is -2.28. The summed E-state index contributed by atoms with van der Waals surface area (Å²) < 4.78 is 8.45. The molecule has 4 rings (SSSR count). The van der Waals surface area contributed by atoms with E-state index in [1.54, 1.807) is 12.1 Å². The van der Waals surface area contributed by atoms with Crippen molar-refractivity contribution in [3.63, 3.8) is 0 Å². The normalized spacial score (nSPS) is 11.2. The zero-order valence-corrected chi connectivity index (χ0v) is 21.3. The second kappa shape index (κ2) is 11.4. The van der Waals surface area contributed by atoms with Gasteiger partial charge in [0.25, 0.3) is 0 Å². The molecule has 4 aromatic rings. The first-order valence-electron chi connectivity index (χ1n) is 12.1. The van der Waals surface area contributed by atoms with Gasteiger partial charge in [-0.3, -0.25) is 4.79 Å². The van der Waals surface area contributed by atoms with Crippen LogP contribution in [0.5, 0.6) is 5.75 Å². The van der Waals surface area contributed by atoms with Gasteiger partial charge in [0.1, 0.15) is 18.2 Å². The maximum atomic E-state index is 12.4. The summed E-state index contributed by atoms with van der Waals surface area (Å²) >= 11 is 5.93. The number of aromatic nitrogens is 2. The quantitative estimate of drug-likeness (QED) is 0.293. The van der Waals surface area contributed by atoms with Crippen molar-refractivity contribution in [1.82, 2.24) is 14.9 Å². The number of carbonyl (C=O) groups excluding carboxylic acids is 1. The number of nitrogens with one attached hydrogen (secondary N) is 1. The summed E-state index contributed by atoms with van der Waals surface area (Å²) in [4.78, 5) is 17.2. The van der Waals surface area contributed by atoms with Gasteiger partial charge in [0.2, 0.25) is 5.91 Å². The average Bonchev–Trinajstić information content (AvgIpc) is 3.18. The fourth-order valence-electron chi connectivity index (χ4n) is 4.22. The standard InChI is InChI=1S/C29H32ClN3O2/c1-20(2)24-13-8-21(3)18-27(24)35-17-16-33-26-7-5-4-6-25(26)32-28(33)14-15-31-29(34)19-22-9-11-23(30)12-10-22/h4-13,18,20H,14-17,19H2,1-3H3,(H,31,34). The van der Waals surface area contributed by atoms with Crippen LogP contribution in [0.4, 0.5) is 0 Å². The van der Waals surface area contributed by atoms with E-state index in [1.165, 1.54) is 11.1 Å². The maximum Gasteiger partial charge on any atom is 0.224 e. The molecule has 0 radical (unpaired) electrons. The molecular formula is C29H32ClN3O2. The van der Waals surface area contributed by atoms with Gasteiger partial charge in [0.15, 0.2) is 0 Å². The van der Waals surface area contributed by atoms with Crippen molar-refractivity contribution in [1.29, 1.82) is 0 Å². The van der Waals surface area contributed by atoms with Crippen molar-refractivity contribution in [2.75, 3.05) is 13.2 Å². The van der Waals surface area contributed by atoms with Gasteiger partial charge in [-0.15, -0.1) is 0 Å². The molecule has 0 aliphatic heterocycles. The molecular weight excluding hydrogens is 458 g/mol. The molecule has 0 aliphatic carbocycles. The summed E-state index contributed by atoms with van der Waals surface area (Å²) in [6.45, 7) is 8.19. The molecule has 3 aromatic carbocycles. The SMILES string of the molecule is Cc1ccc(C(C)C)c(OCCn2c(CCNC(=O)Cc3ccc(Cl)cc3)nc3ccccc32)c1. The van der Waals surface area contributed by atoms with E-state index in [9.17, 15) is 4.79 Å². The zero-order valence-electron chi connectivity index (χ0n) is 20.6. The maximum absolute atomic E-state index is 12.4. The lowest BCUT2D eigenvalue weighted by Gasteiger charge is -2.16. The van der Waals surface area contributed by atoms with Crippen LogP contribution in [0.2, 0.25) is 5.02 Å². The van der Waals surface area contributed by atoms with Crippen LogP contribution in [0.3, 0.4) is 0 Å². The predicted molar refractivity (Wildman–Crippen MR) is 142 cm³/mol. The number of amides is 1. The molecule has 1 aromatic heterocycles.